The molecule has 0 aliphatic heterocycles. The van der Waals surface area contributed by atoms with Crippen LogP contribution < -0.4 is 0 Å². The lowest BCUT2D eigenvalue weighted by Gasteiger charge is -2.10. The first-order valence-electron chi connectivity index (χ1n) is 5.09. The van der Waals surface area contributed by atoms with Gasteiger partial charge in [-0.25, -0.2) is 4.98 Å². The number of aliphatic hydroxyl groups is 1. The van der Waals surface area contributed by atoms with Gasteiger partial charge in [0.15, 0.2) is 0 Å². The van der Waals surface area contributed by atoms with Gasteiger partial charge in [0, 0.05) is 27.5 Å². The molecule has 1 unspecified atom stereocenters. The smallest absolute Gasteiger partial charge is 0.0957 e. The maximum absolute atomic E-state index is 10.1. The number of benzene rings is 1. The van der Waals surface area contributed by atoms with Gasteiger partial charge >= 0.3 is 0 Å². The van der Waals surface area contributed by atoms with Crippen molar-refractivity contribution in [1.82, 2.24) is 4.98 Å². The Kier molecular flexibility index (Phi) is 4.05. The third kappa shape index (κ3) is 3.42. The number of hydrogen-bond acceptors (Lipinski definition) is 3. The van der Waals surface area contributed by atoms with Gasteiger partial charge in [0.2, 0.25) is 0 Å². The summed E-state index contributed by atoms with van der Waals surface area (Å²) in [6.45, 7) is 1.93. The lowest BCUT2D eigenvalue weighted by molar-refractivity contribution is 0.178. The van der Waals surface area contributed by atoms with Crippen molar-refractivity contribution >= 4 is 34.5 Å². The fourth-order valence-corrected chi connectivity index (χ4v) is 2.90. The maximum Gasteiger partial charge on any atom is 0.0957 e. The van der Waals surface area contributed by atoms with Crippen LogP contribution in [-0.4, -0.2) is 10.1 Å². The Labute approximate surface area is 114 Å². The summed E-state index contributed by atoms with van der Waals surface area (Å²) in [5.41, 5.74) is 1.69. The van der Waals surface area contributed by atoms with Gasteiger partial charge in [-0.2, -0.15) is 0 Å². The Hall–Kier alpha value is -0.610. The zero-order valence-corrected chi connectivity index (χ0v) is 11.5. The van der Waals surface area contributed by atoms with Crippen molar-refractivity contribution in [2.45, 2.75) is 19.4 Å². The van der Waals surface area contributed by atoms with Crippen molar-refractivity contribution in [1.29, 1.82) is 0 Å². The van der Waals surface area contributed by atoms with Crippen molar-refractivity contribution in [3.63, 3.8) is 0 Å². The van der Waals surface area contributed by atoms with E-state index in [9.17, 15) is 5.11 Å². The number of aliphatic hydroxyl groups excluding tert-OH is 1. The van der Waals surface area contributed by atoms with Gasteiger partial charge in [0.1, 0.15) is 0 Å². The van der Waals surface area contributed by atoms with Crippen LogP contribution in [0.4, 0.5) is 0 Å². The van der Waals surface area contributed by atoms with Crippen molar-refractivity contribution in [3.05, 3.63) is 49.9 Å². The van der Waals surface area contributed by atoms with Gasteiger partial charge in [0.05, 0.1) is 11.1 Å². The van der Waals surface area contributed by atoms with Crippen LogP contribution in [0.1, 0.15) is 22.4 Å². The molecule has 0 saturated heterocycles. The Morgan fingerprint density at radius 1 is 1.29 bits per heavy atom. The number of hydrogen-bond donors (Lipinski definition) is 1. The lowest BCUT2D eigenvalue weighted by atomic mass is 10.1. The number of rotatable bonds is 3. The van der Waals surface area contributed by atoms with Crippen LogP contribution in [0.25, 0.3) is 0 Å². The monoisotopic (exact) mass is 287 g/mol. The van der Waals surface area contributed by atoms with E-state index < -0.39 is 6.10 Å². The highest BCUT2D eigenvalue weighted by atomic mass is 35.5. The standard InChI is InChI=1S/C12H11Cl2NOS/c1-7-6-17-12(15-7)5-11(16)8-2-9(13)4-10(14)3-8/h2-4,6,11,16H,5H2,1H3. The van der Waals surface area contributed by atoms with Crippen LogP contribution in [0.5, 0.6) is 0 Å². The molecule has 2 rings (SSSR count). The van der Waals surface area contributed by atoms with Crippen LogP contribution in [0, 0.1) is 6.92 Å². The second-order valence-electron chi connectivity index (χ2n) is 3.81. The Morgan fingerprint density at radius 2 is 1.94 bits per heavy atom. The molecule has 0 fully saturated rings. The molecule has 1 heterocycles. The fraction of sp³-hybridized carbons (Fsp3) is 0.250. The SMILES string of the molecule is Cc1csc(CC(O)c2cc(Cl)cc(Cl)c2)n1. The summed E-state index contributed by atoms with van der Waals surface area (Å²) >= 11 is 13.3. The number of halogens is 2. The minimum Gasteiger partial charge on any atom is -0.388 e. The highest BCUT2D eigenvalue weighted by Gasteiger charge is 2.12. The normalized spacial score (nSPS) is 12.7. The molecule has 5 heteroatoms. The molecule has 0 radical (unpaired) electrons. The van der Waals surface area contributed by atoms with E-state index in [-0.39, 0.29) is 0 Å². The molecule has 90 valence electrons. The molecule has 1 aromatic carbocycles. The molecule has 1 atom stereocenters. The summed E-state index contributed by atoms with van der Waals surface area (Å²) in [4.78, 5) is 4.31. The molecule has 0 aliphatic carbocycles. The molecule has 0 spiro atoms. The summed E-state index contributed by atoms with van der Waals surface area (Å²) in [5, 5.41) is 14.0. The molecular formula is C12H11Cl2NOS. The Balaban J connectivity index is 2.16. The highest BCUT2D eigenvalue weighted by molar-refractivity contribution is 7.09. The summed E-state index contributed by atoms with van der Waals surface area (Å²) in [6.07, 6.45) is -0.147. The molecule has 1 aromatic heterocycles. The van der Waals surface area contributed by atoms with E-state index in [1.165, 1.54) is 0 Å². The second-order valence-corrected chi connectivity index (χ2v) is 5.62. The summed E-state index contributed by atoms with van der Waals surface area (Å²) in [5.74, 6) is 0. The van der Waals surface area contributed by atoms with Crippen LogP contribution >= 0.6 is 34.5 Å². The topological polar surface area (TPSA) is 33.1 Å². The van der Waals surface area contributed by atoms with E-state index in [1.54, 1.807) is 29.5 Å². The van der Waals surface area contributed by atoms with E-state index in [1.807, 2.05) is 12.3 Å². The molecular weight excluding hydrogens is 277 g/mol. The zero-order valence-electron chi connectivity index (χ0n) is 9.15. The van der Waals surface area contributed by atoms with Gasteiger partial charge in [-0.1, -0.05) is 23.2 Å². The van der Waals surface area contributed by atoms with E-state index in [0.29, 0.717) is 16.5 Å². The molecule has 0 bridgehead atoms. The van der Waals surface area contributed by atoms with Gasteiger partial charge in [-0.05, 0) is 30.7 Å². The van der Waals surface area contributed by atoms with Crippen LogP contribution in [-0.2, 0) is 6.42 Å². The molecule has 17 heavy (non-hydrogen) atoms. The first kappa shape index (κ1) is 12.8. The lowest BCUT2D eigenvalue weighted by Crippen LogP contribution is -2.01. The van der Waals surface area contributed by atoms with Crippen LogP contribution in [0.15, 0.2) is 23.6 Å². The van der Waals surface area contributed by atoms with E-state index in [2.05, 4.69) is 4.98 Å². The van der Waals surface area contributed by atoms with E-state index >= 15 is 0 Å². The molecule has 1 N–H and O–H groups in total. The average molecular weight is 288 g/mol. The summed E-state index contributed by atoms with van der Waals surface area (Å²) in [7, 11) is 0. The Morgan fingerprint density at radius 3 is 2.47 bits per heavy atom. The predicted molar refractivity (Wildman–Crippen MR) is 72.0 cm³/mol. The fourth-order valence-electron chi connectivity index (χ4n) is 1.55. The van der Waals surface area contributed by atoms with Crippen LogP contribution in [0.3, 0.4) is 0 Å². The molecule has 0 aliphatic rings. The van der Waals surface area contributed by atoms with Crippen molar-refractivity contribution in [2.24, 2.45) is 0 Å². The summed E-state index contributed by atoms with van der Waals surface area (Å²) < 4.78 is 0. The molecule has 0 saturated carbocycles. The minimum absolute atomic E-state index is 0.481. The molecule has 2 nitrogen and oxygen atoms in total. The minimum atomic E-state index is -0.628. The average Bonchev–Trinajstić information content (AvgIpc) is 2.62. The zero-order chi connectivity index (χ0) is 12.4. The third-order valence-electron chi connectivity index (χ3n) is 2.30. The van der Waals surface area contributed by atoms with Gasteiger partial charge in [0.25, 0.3) is 0 Å². The first-order chi connectivity index (χ1) is 8.04. The number of nitrogens with zero attached hydrogens (tertiary/aromatic N) is 1. The maximum atomic E-state index is 10.1. The quantitative estimate of drug-likeness (QED) is 0.924. The van der Waals surface area contributed by atoms with E-state index in [4.69, 9.17) is 23.2 Å². The van der Waals surface area contributed by atoms with Crippen LogP contribution in [0.2, 0.25) is 10.0 Å². The van der Waals surface area contributed by atoms with Gasteiger partial charge < -0.3 is 5.11 Å². The first-order valence-corrected chi connectivity index (χ1v) is 6.73. The second kappa shape index (κ2) is 5.36. The van der Waals surface area contributed by atoms with Crippen molar-refractivity contribution in [2.75, 3.05) is 0 Å². The largest absolute Gasteiger partial charge is 0.388 e. The predicted octanol–water partition coefficient (Wildman–Crippen LogP) is 4.03. The number of aryl methyl sites for hydroxylation is 1. The number of thiazole rings is 1. The van der Waals surface area contributed by atoms with Gasteiger partial charge in [-0.15, -0.1) is 11.3 Å². The Bertz CT molecular complexity index is 507. The van der Waals surface area contributed by atoms with E-state index in [0.717, 1.165) is 16.3 Å². The highest BCUT2D eigenvalue weighted by Crippen LogP contribution is 2.26. The third-order valence-corrected chi connectivity index (χ3v) is 3.73. The molecule has 0 amide bonds. The summed E-state index contributed by atoms with van der Waals surface area (Å²) in [6, 6.07) is 5.09. The van der Waals surface area contributed by atoms with Gasteiger partial charge in [-0.3, -0.25) is 0 Å². The van der Waals surface area contributed by atoms with Crippen molar-refractivity contribution in [3.8, 4) is 0 Å². The number of aromatic nitrogens is 1. The molecule has 2 aromatic rings. The van der Waals surface area contributed by atoms with Crippen molar-refractivity contribution < 1.29 is 5.11 Å².